The van der Waals surface area contributed by atoms with Crippen LogP contribution in [-0.4, -0.2) is 4.57 Å². The molecule has 2 N–H and O–H groups in total. The molecule has 2 nitrogen and oxygen atoms in total. The first-order valence-corrected chi connectivity index (χ1v) is 6.96. The normalized spacial score (nSPS) is 11.5. The number of rotatable bonds is 2. The largest absolute Gasteiger partial charge is 0.416 e. The van der Waals surface area contributed by atoms with Crippen molar-refractivity contribution in [2.24, 2.45) is 0 Å². The van der Waals surface area contributed by atoms with E-state index in [4.69, 9.17) is 5.73 Å². The van der Waals surface area contributed by atoms with E-state index < -0.39 is 11.7 Å². The monoisotopic (exact) mass is 320 g/mol. The highest BCUT2D eigenvalue weighted by Gasteiger charge is 2.30. The SMILES string of the molecule is C.CCn1c(-c2ccc(C(F)(F)F)cc2)cc2cc(N)ccc21. The Morgan fingerprint density at radius 1 is 1.00 bits per heavy atom. The van der Waals surface area contributed by atoms with Gasteiger partial charge in [0.2, 0.25) is 0 Å². The molecular formula is C18H19F3N2. The Kier molecular flexibility index (Phi) is 4.41. The zero-order chi connectivity index (χ0) is 15.9. The first-order valence-electron chi connectivity index (χ1n) is 6.96. The molecule has 3 rings (SSSR count). The first-order chi connectivity index (χ1) is 10.4. The van der Waals surface area contributed by atoms with Gasteiger partial charge in [-0.05, 0) is 48.9 Å². The number of alkyl halides is 3. The van der Waals surface area contributed by atoms with Crippen molar-refractivity contribution in [3.63, 3.8) is 0 Å². The second-order valence-electron chi connectivity index (χ2n) is 5.17. The molecule has 0 saturated carbocycles. The summed E-state index contributed by atoms with van der Waals surface area (Å²) in [6, 6.07) is 12.8. The zero-order valence-corrected chi connectivity index (χ0v) is 12.0. The van der Waals surface area contributed by atoms with Crippen molar-refractivity contribution in [2.75, 3.05) is 5.73 Å². The average molecular weight is 320 g/mol. The Morgan fingerprint density at radius 2 is 1.65 bits per heavy atom. The quantitative estimate of drug-likeness (QED) is 0.615. The lowest BCUT2D eigenvalue weighted by Crippen LogP contribution is -2.04. The number of aromatic nitrogens is 1. The maximum atomic E-state index is 12.7. The molecule has 0 unspecified atom stereocenters. The van der Waals surface area contributed by atoms with E-state index in [1.807, 2.05) is 31.2 Å². The number of aryl methyl sites for hydroxylation is 1. The summed E-state index contributed by atoms with van der Waals surface area (Å²) in [5.74, 6) is 0. The van der Waals surface area contributed by atoms with Crippen molar-refractivity contribution < 1.29 is 13.2 Å². The third-order valence-electron chi connectivity index (χ3n) is 3.75. The van der Waals surface area contributed by atoms with Gasteiger partial charge in [-0.2, -0.15) is 13.2 Å². The predicted molar refractivity (Wildman–Crippen MR) is 89.2 cm³/mol. The predicted octanol–water partition coefficient (Wildman–Crippen LogP) is 5.57. The topological polar surface area (TPSA) is 30.9 Å². The van der Waals surface area contributed by atoms with Gasteiger partial charge in [-0.1, -0.05) is 19.6 Å². The van der Waals surface area contributed by atoms with Crippen LogP contribution < -0.4 is 5.73 Å². The van der Waals surface area contributed by atoms with Crippen LogP contribution in [0.5, 0.6) is 0 Å². The number of halogens is 3. The minimum Gasteiger partial charge on any atom is -0.399 e. The average Bonchev–Trinajstić information content (AvgIpc) is 2.84. The van der Waals surface area contributed by atoms with Crippen molar-refractivity contribution in [3.05, 3.63) is 54.1 Å². The third kappa shape index (κ3) is 3.04. The summed E-state index contributed by atoms with van der Waals surface area (Å²) >= 11 is 0. The molecule has 2 aromatic carbocycles. The number of fused-ring (bicyclic) bond motifs is 1. The van der Waals surface area contributed by atoms with E-state index in [1.54, 1.807) is 0 Å². The van der Waals surface area contributed by atoms with Crippen LogP contribution in [0.1, 0.15) is 19.9 Å². The fourth-order valence-electron chi connectivity index (χ4n) is 2.70. The lowest BCUT2D eigenvalue weighted by Gasteiger charge is -2.10. The molecule has 3 aromatic rings. The molecular weight excluding hydrogens is 301 g/mol. The van der Waals surface area contributed by atoms with Crippen molar-refractivity contribution in [3.8, 4) is 11.3 Å². The molecule has 5 heteroatoms. The summed E-state index contributed by atoms with van der Waals surface area (Å²) < 4.78 is 40.0. The Balaban J connectivity index is 0.00000192. The first kappa shape index (κ1) is 16.9. The minimum absolute atomic E-state index is 0. The van der Waals surface area contributed by atoms with Crippen LogP contribution >= 0.6 is 0 Å². The van der Waals surface area contributed by atoms with Crippen LogP contribution in [0.25, 0.3) is 22.2 Å². The van der Waals surface area contributed by atoms with Crippen molar-refractivity contribution in [1.82, 2.24) is 4.57 Å². The highest BCUT2D eigenvalue weighted by molar-refractivity contribution is 5.89. The molecule has 1 heterocycles. The van der Waals surface area contributed by atoms with Gasteiger partial charge in [-0.3, -0.25) is 0 Å². The van der Waals surface area contributed by atoms with Crippen LogP contribution in [0.3, 0.4) is 0 Å². The third-order valence-corrected chi connectivity index (χ3v) is 3.75. The van der Waals surface area contributed by atoms with Crippen LogP contribution in [0.15, 0.2) is 48.5 Å². The molecule has 0 fully saturated rings. The fourth-order valence-corrected chi connectivity index (χ4v) is 2.70. The van der Waals surface area contributed by atoms with E-state index in [2.05, 4.69) is 4.57 Å². The van der Waals surface area contributed by atoms with Gasteiger partial charge in [0, 0.05) is 28.8 Å². The van der Waals surface area contributed by atoms with Crippen LogP contribution in [-0.2, 0) is 12.7 Å². The van der Waals surface area contributed by atoms with Gasteiger partial charge in [0.15, 0.2) is 0 Å². The van der Waals surface area contributed by atoms with E-state index in [0.29, 0.717) is 5.69 Å². The smallest absolute Gasteiger partial charge is 0.399 e. The molecule has 0 aliphatic heterocycles. The van der Waals surface area contributed by atoms with Gasteiger partial charge in [0.25, 0.3) is 0 Å². The van der Waals surface area contributed by atoms with Crippen molar-refractivity contribution in [1.29, 1.82) is 0 Å². The number of hydrogen-bond acceptors (Lipinski definition) is 1. The van der Waals surface area contributed by atoms with E-state index in [1.165, 1.54) is 12.1 Å². The van der Waals surface area contributed by atoms with Crippen molar-refractivity contribution in [2.45, 2.75) is 27.1 Å². The van der Waals surface area contributed by atoms with Gasteiger partial charge >= 0.3 is 6.18 Å². The molecule has 1 aromatic heterocycles. The Labute approximate surface area is 133 Å². The number of nitrogen functional groups attached to an aromatic ring is 1. The van der Waals surface area contributed by atoms with Gasteiger partial charge in [-0.15, -0.1) is 0 Å². The molecule has 0 aliphatic rings. The standard InChI is InChI=1S/C17H15F3N2.CH4/c1-2-22-15-8-7-14(21)9-12(15)10-16(22)11-3-5-13(6-4-11)17(18,19)20;/h3-10H,2,21H2,1H3;1H4. The number of nitrogens with two attached hydrogens (primary N) is 1. The molecule has 0 spiro atoms. The number of nitrogens with zero attached hydrogens (tertiary/aromatic N) is 1. The summed E-state index contributed by atoms with van der Waals surface area (Å²) in [4.78, 5) is 0. The lowest BCUT2D eigenvalue weighted by atomic mass is 10.1. The molecule has 0 amide bonds. The highest BCUT2D eigenvalue weighted by atomic mass is 19.4. The minimum atomic E-state index is -4.32. The summed E-state index contributed by atoms with van der Waals surface area (Å²) in [5.41, 5.74) is 8.48. The fraction of sp³-hybridized carbons (Fsp3) is 0.222. The Hall–Kier alpha value is -2.43. The highest BCUT2D eigenvalue weighted by Crippen LogP contribution is 2.33. The second-order valence-corrected chi connectivity index (χ2v) is 5.17. The second kappa shape index (κ2) is 5.99. The summed E-state index contributed by atoms with van der Waals surface area (Å²) in [6.45, 7) is 2.73. The zero-order valence-electron chi connectivity index (χ0n) is 12.0. The lowest BCUT2D eigenvalue weighted by molar-refractivity contribution is -0.137. The van der Waals surface area contributed by atoms with Gasteiger partial charge < -0.3 is 10.3 Å². The Morgan fingerprint density at radius 3 is 2.22 bits per heavy atom. The summed E-state index contributed by atoms with van der Waals surface area (Å²) in [7, 11) is 0. The molecule has 122 valence electrons. The van der Waals surface area contributed by atoms with E-state index in [-0.39, 0.29) is 7.43 Å². The van der Waals surface area contributed by atoms with Gasteiger partial charge in [0.05, 0.1) is 5.56 Å². The number of anilines is 1. The van der Waals surface area contributed by atoms with Gasteiger partial charge in [0.1, 0.15) is 0 Å². The van der Waals surface area contributed by atoms with E-state index >= 15 is 0 Å². The van der Waals surface area contributed by atoms with Gasteiger partial charge in [-0.25, -0.2) is 0 Å². The van der Waals surface area contributed by atoms with Crippen LogP contribution in [0.2, 0.25) is 0 Å². The number of hydrogen-bond donors (Lipinski definition) is 1. The molecule has 0 atom stereocenters. The molecule has 0 radical (unpaired) electrons. The molecule has 0 bridgehead atoms. The molecule has 0 aliphatic carbocycles. The van der Waals surface area contributed by atoms with E-state index in [0.717, 1.165) is 40.8 Å². The summed E-state index contributed by atoms with van der Waals surface area (Å²) in [6.07, 6.45) is -4.32. The summed E-state index contributed by atoms with van der Waals surface area (Å²) in [5, 5.41) is 0.983. The Bertz CT molecular complexity index is 815. The number of benzene rings is 2. The maximum Gasteiger partial charge on any atom is 0.416 e. The van der Waals surface area contributed by atoms with Crippen LogP contribution in [0.4, 0.5) is 18.9 Å². The molecule has 23 heavy (non-hydrogen) atoms. The van der Waals surface area contributed by atoms with Crippen LogP contribution in [0, 0.1) is 0 Å². The maximum absolute atomic E-state index is 12.7. The molecule has 0 saturated heterocycles. The van der Waals surface area contributed by atoms with Crippen molar-refractivity contribution >= 4 is 16.6 Å². The van der Waals surface area contributed by atoms with E-state index in [9.17, 15) is 13.2 Å².